The maximum Gasteiger partial charge on any atom is 0.0944 e. The first-order valence-electron chi connectivity index (χ1n) is 9.24. The summed E-state index contributed by atoms with van der Waals surface area (Å²) in [4.78, 5) is 0. The zero-order valence-corrected chi connectivity index (χ0v) is 14.1. The predicted octanol–water partition coefficient (Wildman–Crippen LogP) is 3.69. The van der Waals surface area contributed by atoms with Crippen LogP contribution in [0, 0.1) is 34.5 Å². The molecule has 0 saturated heterocycles. The van der Waals surface area contributed by atoms with E-state index in [0.29, 0.717) is 23.0 Å². The highest BCUT2D eigenvalue weighted by Gasteiger charge is 2.59. The van der Waals surface area contributed by atoms with Crippen molar-refractivity contribution >= 4 is 0 Å². The van der Waals surface area contributed by atoms with Crippen LogP contribution in [0.1, 0.15) is 65.2 Å². The molecule has 4 rings (SSSR count). The zero-order valence-electron chi connectivity index (χ0n) is 14.1. The quantitative estimate of drug-likeness (QED) is 0.598. The first-order chi connectivity index (χ1) is 10.3. The first-order valence-corrected chi connectivity index (χ1v) is 9.24. The van der Waals surface area contributed by atoms with E-state index in [1.54, 1.807) is 0 Å². The Labute approximate surface area is 134 Å². The van der Waals surface area contributed by atoms with Crippen molar-refractivity contribution in [1.82, 2.24) is 0 Å². The number of rotatable bonds is 0. The molecule has 3 nitrogen and oxygen atoms in total. The Bertz CT molecular complexity index is 514. The molecule has 0 aliphatic heterocycles. The van der Waals surface area contributed by atoms with Gasteiger partial charge in [-0.2, -0.15) is 0 Å². The fourth-order valence-corrected chi connectivity index (χ4v) is 6.87. The smallest absolute Gasteiger partial charge is 0.0944 e. The molecule has 124 valence electrons. The summed E-state index contributed by atoms with van der Waals surface area (Å²) in [6, 6.07) is 0. The van der Waals surface area contributed by atoms with Crippen molar-refractivity contribution in [3.8, 4) is 0 Å². The normalized spacial score (nSPS) is 53.2. The molecule has 0 spiro atoms. The van der Waals surface area contributed by atoms with Gasteiger partial charge in [-0.05, 0) is 86.5 Å². The van der Waals surface area contributed by atoms with Gasteiger partial charge in [0.15, 0.2) is 0 Å². The average molecular weight is 304 g/mol. The summed E-state index contributed by atoms with van der Waals surface area (Å²) in [6.45, 7) is 4.82. The van der Waals surface area contributed by atoms with Crippen molar-refractivity contribution in [3.05, 3.63) is 11.8 Å². The third-order valence-electron chi connectivity index (χ3n) is 8.36. The maximum atomic E-state index is 10.4. The molecule has 5 N–H and O–H groups in total. The second-order valence-electron chi connectivity index (χ2n) is 9.38. The summed E-state index contributed by atoms with van der Waals surface area (Å²) in [5.41, 5.74) is 12.6. The van der Waals surface area contributed by atoms with Gasteiger partial charge in [0.25, 0.3) is 0 Å². The van der Waals surface area contributed by atoms with Gasteiger partial charge in [-0.1, -0.05) is 13.8 Å². The fraction of sp³-hybridized carbons (Fsp3) is 0.895. The third-order valence-corrected chi connectivity index (χ3v) is 8.36. The van der Waals surface area contributed by atoms with Gasteiger partial charge in [0.05, 0.1) is 11.4 Å². The Morgan fingerprint density at radius 3 is 2.59 bits per heavy atom. The second kappa shape index (κ2) is 4.51. The van der Waals surface area contributed by atoms with Gasteiger partial charge < -0.3 is 16.6 Å². The summed E-state index contributed by atoms with van der Waals surface area (Å²) in [6.07, 6.45) is 11.4. The number of hydrogen-bond donors (Lipinski definition) is 3. The molecule has 0 aromatic carbocycles. The van der Waals surface area contributed by atoms with Crippen LogP contribution in [0.15, 0.2) is 11.8 Å². The predicted molar refractivity (Wildman–Crippen MR) is 88.9 cm³/mol. The van der Waals surface area contributed by atoms with Crippen LogP contribution in [0.2, 0.25) is 0 Å². The second-order valence-corrected chi connectivity index (χ2v) is 9.38. The Hall–Kier alpha value is -0.540. The van der Waals surface area contributed by atoms with E-state index in [2.05, 4.69) is 19.9 Å². The molecule has 0 bridgehead atoms. The minimum Gasteiger partial charge on any atom is -0.512 e. The monoisotopic (exact) mass is 304 g/mol. The number of aliphatic hydroxyl groups excluding tert-OH is 1. The van der Waals surface area contributed by atoms with Crippen molar-refractivity contribution in [3.63, 3.8) is 0 Å². The Morgan fingerprint density at radius 2 is 1.82 bits per heavy atom. The van der Waals surface area contributed by atoms with Gasteiger partial charge >= 0.3 is 0 Å². The minimum absolute atomic E-state index is 0.0600. The highest BCUT2D eigenvalue weighted by molar-refractivity contribution is 5.20. The first kappa shape index (κ1) is 15.0. The molecular formula is C19H32N2O. The van der Waals surface area contributed by atoms with Crippen molar-refractivity contribution in [2.45, 2.75) is 70.9 Å². The number of hydrogen-bond acceptors (Lipinski definition) is 3. The van der Waals surface area contributed by atoms with Gasteiger partial charge in [0, 0.05) is 5.41 Å². The summed E-state index contributed by atoms with van der Waals surface area (Å²) in [5, 5.41) is 10.4. The summed E-state index contributed by atoms with van der Waals surface area (Å²) in [7, 11) is 0. The molecule has 4 aliphatic rings. The number of allylic oxidation sites excluding steroid dienone is 2. The van der Waals surface area contributed by atoms with Gasteiger partial charge in [-0.15, -0.1) is 0 Å². The molecule has 0 heterocycles. The lowest BCUT2D eigenvalue weighted by atomic mass is 9.44. The van der Waals surface area contributed by atoms with E-state index in [1.165, 1.54) is 25.7 Å². The molecule has 22 heavy (non-hydrogen) atoms. The van der Waals surface area contributed by atoms with E-state index < -0.39 is 5.66 Å². The van der Waals surface area contributed by atoms with Gasteiger partial charge in [-0.25, -0.2) is 0 Å². The van der Waals surface area contributed by atoms with Crippen LogP contribution in [-0.2, 0) is 0 Å². The Morgan fingerprint density at radius 1 is 1.05 bits per heavy atom. The molecule has 3 fully saturated rings. The van der Waals surface area contributed by atoms with E-state index in [0.717, 1.165) is 37.5 Å². The lowest BCUT2D eigenvalue weighted by Gasteiger charge is -2.61. The van der Waals surface area contributed by atoms with Gasteiger partial charge in [0.1, 0.15) is 0 Å². The van der Waals surface area contributed by atoms with Crippen molar-refractivity contribution in [1.29, 1.82) is 0 Å². The minimum atomic E-state index is -0.437. The number of nitrogens with two attached hydrogens (primary N) is 2. The van der Waals surface area contributed by atoms with Crippen LogP contribution in [0.4, 0.5) is 0 Å². The van der Waals surface area contributed by atoms with Crippen molar-refractivity contribution in [2.75, 3.05) is 0 Å². The van der Waals surface area contributed by atoms with Crippen LogP contribution in [0.3, 0.4) is 0 Å². The zero-order chi connectivity index (χ0) is 15.8. The summed E-state index contributed by atoms with van der Waals surface area (Å²) in [5.74, 6) is 3.62. The average Bonchev–Trinajstić information content (AvgIpc) is 2.76. The summed E-state index contributed by atoms with van der Waals surface area (Å²) < 4.78 is 0. The summed E-state index contributed by atoms with van der Waals surface area (Å²) >= 11 is 0. The SMILES string of the molecule is C[C@]12CCC3C(CC[C@H]4CC(N)(N)CC[C@]34C)C1CC=C2O. The van der Waals surface area contributed by atoms with Crippen molar-refractivity contribution < 1.29 is 5.11 Å². The van der Waals surface area contributed by atoms with Crippen LogP contribution >= 0.6 is 0 Å². The van der Waals surface area contributed by atoms with Crippen LogP contribution in [0.5, 0.6) is 0 Å². The highest BCUT2D eigenvalue weighted by Crippen LogP contribution is 2.66. The molecular weight excluding hydrogens is 272 g/mol. The lowest BCUT2D eigenvalue weighted by Crippen LogP contribution is -2.61. The Balaban J connectivity index is 1.62. The maximum absolute atomic E-state index is 10.4. The number of aliphatic hydroxyl groups is 1. The van der Waals surface area contributed by atoms with E-state index in [9.17, 15) is 5.11 Å². The number of fused-ring (bicyclic) bond motifs is 5. The van der Waals surface area contributed by atoms with E-state index in [4.69, 9.17) is 11.5 Å². The molecule has 0 amide bonds. The molecule has 4 aliphatic carbocycles. The third kappa shape index (κ3) is 1.88. The molecule has 0 radical (unpaired) electrons. The molecule has 6 atom stereocenters. The molecule has 0 aromatic heterocycles. The van der Waals surface area contributed by atoms with Crippen molar-refractivity contribution in [2.24, 2.45) is 46.0 Å². The van der Waals surface area contributed by atoms with Crippen LogP contribution < -0.4 is 11.5 Å². The standard InChI is InChI=1S/C19H32N2O/c1-17-9-10-19(20,21)11-12(17)3-4-13-14-5-6-16(22)18(14,2)8-7-15(13)17/h6,12-15,22H,3-5,7-11,20-21H2,1-2H3/t12-,13?,14?,15?,17-,18-/m0/s1. The Kier molecular flexibility index (Phi) is 3.08. The molecule has 3 heteroatoms. The van der Waals surface area contributed by atoms with Gasteiger partial charge in [-0.3, -0.25) is 0 Å². The highest BCUT2D eigenvalue weighted by atomic mass is 16.3. The van der Waals surface area contributed by atoms with Crippen LogP contribution in [0.25, 0.3) is 0 Å². The van der Waals surface area contributed by atoms with Crippen LogP contribution in [-0.4, -0.2) is 10.8 Å². The fourth-order valence-electron chi connectivity index (χ4n) is 6.87. The van der Waals surface area contributed by atoms with Gasteiger partial charge in [0.2, 0.25) is 0 Å². The topological polar surface area (TPSA) is 72.3 Å². The van der Waals surface area contributed by atoms with E-state index in [1.807, 2.05) is 0 Å². The van der Waals surface area contributed by atoms with E-state index >= 15 is 0 Å². The molecule has 3 saturated carbocycles. The largest absolute Gasteiger partial charge is 0.512 e. The van der Waals surface area contributed by atoms with E-state index in [-0.39, 0.29) is 5.41 Å². The molecule has 3 unspecified atom stereocenters. The lowest BCUT2D eigenvalue weighted by molar-refractivity contribution is -0.114. The molecule has 0 aromatic rings.